The van der Waals surface area contributed by atoms with Crippen LogP contribution in [0.5, 0.6) is 11.5 Å². The van der Waals surface area contributed by atoms with Gasteiger partial charge in [-0.05, 0) is 30.5 Å². The fourth-order valence-corrected chi connectivity index (χ4v) is 1.66. The van der Waals surface area contributed by atoms with Crippen molar-refractivity contribution < 1.29 is 9.47 Å². The molecule has 0 saturated carbocycles. The number of allylic oxidation sites excluding steroid dienone is 1. The first-order valence-corrected chi connectivity index (χ1v) is 6.22. The monoisotopic (exact) mass is 270 g/mol. The zero-order chi connectivity index (χ0) is 12.5. The Balaban J connectivity index is 0.00000289. The van der Waals surface area contributed by atoms with Crippen LogP contribution in [0.1, 0.15) is 31.7 Å². The van der Waals surface area contributed by atoms with Crippen LogP contribution in [0.15, 0.2) is 30.9 Å². The third kappa shape index (κ3) is 5.46. The molecule has 18 heavy (non-hydrogen) atoms. The molecule has 0 fully saturated rings. The molecule has 1 aromatic rings. The lowest BCUT2D eigenvalue weighted by Crippen LogP contribution is -1.99. The van der Waals surface area contributed by atoms with Crippen molar-refractivity contribution in [2.45, 2.75) is 32.6 Å². The summed E-state index contributed by atoms with van der Waals surface area (Å²) in [5, 5.41) is 0. The van der Waals surface area contributed by atoms with Crippen LogP contribution in [-0.2, 0) is 6.42 Å². The van der Waals surface area contributed by atoms with E-state index in [2.05, 4.69) is 19.6 Å². The number of hydrogen-bond donors (Lipinski definition) is 0. The van der Waals surface area contributed by atoms with Gasteiger partial charge in [0.15, 0.2) is 11.5 Å². The summed E-state index contributed by atoms with van der Waals surface area (Å²) in [6.45, 7) is 6.67. The maximum Gasteiger partial charge on any atom is 0.161 e. The summed E-state index contributed by atoms with van der Waals surface area (Å²) in [4.78, 5) is 0. The SMILES string of the molecule is C=CCc1ccc(OCCCCC)c(OC)c1.Cl. The van der Waals surface area contributed by atoms with Gasteiger partial charge < -0.3 is 9.47 Å². The van der Waals surface area contributed by atoms with E-state index >= 15 is 0 Å². The highest BCUT2D eigenvalue weighted by Crippen LogP contribution is 2.28. The molecule has 0 N–H and O–H groups in total. The Hall–Kier alpha value is -1.15. The van der Waals surface area contributed by atoms with E-state index in [9.17, 15) is 0 Å². The van der Waals surface area contributed by atoms with Crippen LogP contribution >= 0.6 is 12.4 Å². The Kier molecular flexibility index (Phi) is 9.21. The van der Waals surface area contributed by atoms with Crippen molar-refractivity contribution in [1.82, 2.24) is 0 Å². The van der Waals surface area contributed by atoms with E-state index in [4.69, 9.17) is 9.47 Å². The molecule has 3 heteroatoms. The minimum Gasteiger partial charge on any atom is -0.493 e. The van der Waals surface area contributed by atoms with Gasteiger partial charge in [-0.3, -0.25) is 0 Å². The second-order valence-corrected chi connectivity index (χ2v) is 4.03. The van der Waals surface area contributed by atoms with Gasteiger partial charge in [0.2, 0.25) is 0 Å². The van der Waals surface area contributed by atoms with Crippen molar-refractivity contribution in [3.05, 3.63) is 36.4 Å². The molecule has 102 valence electrons. The highest BCUT2D eigenvalue weighted by atomic mass is 35.5. The highest BCUT2D eigenvalue weighted by molar-refractivity contribution is 5.85. The Labute approximate surface area is 116 Å². The first kappa shape index (κ1) is 16.9. The smallest absolute Gasteiger partial charge is 0.161 e. The molecule has 0 aliphatic carbocycles. The summed E-state index contributed by atoms with van der Waals surface area (Å²) >= 11 is 0. The molecule has 2 nitrogen and oxygen atoms in total. The number of halogens is 1. The summed E-state index contributed by atoms with van der Waals surface area (Å²) in [6.07, 6.45) is 6.24. The molecular formula is C15H23ClO2. The average Bonchev–Trinajstić information content (AvgIpc) is 2.36. The summed E-state index contributed by atoms with van der Waals surface area (Å²) < 4.78 is 11.0. The van der Waals surface area contributed by atoms with E-state index in [1.165, 1.54) is 18.4 Å². The normalized spacial score (nSPS) is 9.44. The number of hydrogen-bond acceptors (Lipinski definition) is 2. The van der Waals surface area contributed by atoms with Crippen molar-refractivity contribution in [3.8, 4) is 11.5 Å². The van der Waals surface area contributed by atoms with Gasteiger partial charge in [0.1, 0.15) is 0 Å². The summed E-state index contributed by atoms with van der Waals surface area (Å²) in [7, 11) is 1.67. The predicted molar refractivity (Wildman–Crippen MR) is 79.2 cm³/mol. The molecule has 0 unspecified atom stereocenters. The minimum atomic E-state index is 0. The topological polar surface area (TPSA) is 18.5 Å². The molecule has 0 spiro atoms. The van der Waals surface area contributed by atoms with E-state index in [0.717, 1.165) is 30.9 Å². The summed E-state index contributed by atoms with van der Waals surface area (Å²) in [5.41, 5.74) is 1.19. The lowest BCUT2D eigenvalue weighted by Gasteiger charge is -2.11. The number of benzene rings is 1. The van der Waals surface area contributed by atoms with E-state index in [1.54, 1.807) is 7.11 Å². The van der Waals surface area contributed by atoms with Crippen molar-refractivity contribution in [3.63, 3.8) is 0 Å². The van der Waals surface area contributed by atoms with Crippen molar-refractivity contribution in [2.75, 3.05) is 13.7 Å². The second-order valence-electron chi connectivity index (χ2n) is 4.03. The minimum absolute atomic E-state index is 0. The van der Waals surface area contributed by atoms with E-state index in [1.807, 2.05) is 18.2 Å². The Morgan fingerprint density at radius 1 is 1.22 bits per heavy atom. The van der Waals surface area contributed by atoms with Crippen LogP contribution in [0, 0.1) is 0 Å². The van der Waals surface area contributed by atoms with Crippen LogP contribution in [-0.4, -0.2) is 13.7 Å². The number of rotatable bonds is 8. The number of methoxy groups -OCH3 is 1. The lowest BCUT2D eigenvalue weighted by atomic mass is 10.1. The third-order valence-corrected chi connectivity index (χ3v) is 2.61. The number of ether oxygens (including phenoxy) is 2. The quantitative estimate of drug-likeness (QED) is 0.514. The molecule has 0 radical (unpaired) electrons. The maximum absolute atomic E-state index is 5.71. The van der Waals surface area contributed by atoms with Gasteiger partial charge in [-0.1, -0.05) is 31.9 Å². The molecule has 0 heterocycles. The molecule has 0 aromatic heterocycles. The second kappa shape index (κ2) is 9.84. The first-order valence-electron chi connectivity index (χ1n) is 6.22. The van der Waals surface area contributed by atoms with Crippen LogP contribution in [0.4, 0.5) is 0 Å². The molecule has 1 aromatic carbocycles. The van der Waals surface area contributed by atoms with Crippen molar-refractivity contribution in [2.24, 2.45) is 0 Å². The van der Waals surface area contributed by atoms with Gasteiger partial charge in [-0.15, -0.1) is 19.0 Å². The largest absolute Gasteiger partial charge is 0.493 e. The fraction of sp³-hybridized carbons (Fsp3) is 0.467. The fourth-order valence-electron chi connectivity index (χ4n) is 1.66. The molecule has 0 aliphatic rings. The van der Waals surface area contributed by atoms with Gasteiger partial charge in [0.25, 0.3) is 0 Å². The van der Waals surface area contributed by atoms with Crippen LogP contribution in [0.3, 0.4) is 0 Å². The molecule has 0 amide bonds. The summed E-state index contributed by atoms with van der Waals surface area (Å²) in [6, 6.07) is 6.04. The first-order chi connectivity index (χ1) is 8.31. The molecule has 0 bridgehead atoms. The van der Waals surface area contributed by atoms with Gasteiger partial charge in [0.05, 0.1) is 13.7 Å². The van der Waals surface area contributed by atoms with Crippen LogP contribution < -0.4 is 9.47 Å². The Bertz CT molecular complexity index is 350. The molecule has 0 saturated heterocycles. The molecule has 0 atom stereocenters. The highest BCUT2D eigenvalue weighted by Gasteiger charge is 2.04. The molecule has 0 aliphatic heterocycles. The van der Waals surface area contributed by atoms with Crippen LogP contribution in [0.2, 0.25) is 0 Å². The van der Waals surface area contributed by atoms with Crippen molar-refractivity contribution >= 4 is 12.4 Å². The zero-order valence-corrected chi connectivity index (χ0v) is 12.1. The number of unbranched alkanes of at least 4 members (excludes halogenated alkanes) is 2. The van der Waals surface area contributed by atoms with Crippen LogP contribution in [0.25, 0.3) is 0 Å². The molecule has 1 rings (SSSR count). The standard InChI is InChI=1S/C15H22O2.ClH/c1-4-6-7-11-17-14-10-9-13(8-5-2)12-15(14)16-3;/h5,9-10,12H,2,4,6-8,11H2,1,3H3;1H. The van der Waals surface area contributed by atoms with E-state index in [-0.39, 0.29) is 12.4 Å². The Morgan fingerprint density at radius 3 is 2.61 bits per heavy atom. The predicted octanol–water partition coefficient (Wildman–Crippen LogP) is 4.41. The van der Waals surface area contributed by atoms with E-state index in [0.29, 0.717) is 0 Å². The third-order valence-electron chi connectivity index (χ3n) is 2.61. The lowest BCUT2D eigenvalue weighted by molar-refractivity contribution is 0.286. The zero-order valence-electron chi connectivity index (χ0n) is 11.3. The maximum atomic E-state index is 5.71. The summed E-state index contributed by atoms with van der Waals surface area (Å²) in [5.74, 6) is 1.64. The van der Waals surface area contributed by atoms with Gasteiger partial charge in [-0.25, -0.2) is 0 Å². The Morgan fingerprint density at radius 2 is 2.00 bits per heavy atom. The van der Waals surface area contributed by atoms with Gasteiger partial charge in [0, 0.05) is 0 Å². The van der Waals surface area contributed by atoms with Crippen molar-refractivity contribution in [1.29, 1.82) is 0 Å². The van der Waals surface area contributed by atoms with Gasteiger partial charge >= 0.3 is 0 Å². The average molecular weight is 271 g/mol. The van der Waals surface area contributed by atoms with E-state index < -0.39 is 0 Å². The molecular weight excluding hydrogens is 248 g/mol. The van der Waals surface area contributed by atoms with Gasteiger partial charge in [-0.2, -0.15) is 0 Å².